The van der Waals surface area contributed by atoms with E-state index in [2.05, 4.69) is 4.98 Å². The summed E-state index contributed by atoms with van der Waals surface area (Å²) in [6, 6.07) is 14.1. The summed E-state index contributed by atoms with van der Waals surface area (Å²) in [7, 11) is -3.86. The van der Waals surface area contributed by atoms with Gasteiger partial charge in [-0.05, 0) is 43.3 Å². The van der Waals surface area contributed by atoms with E-state index >= 15 is 0 Å². The van der Waals surface area contributed by atoms with Crippen molar-refractivity contribution >= 4 is 27.3 Å². The number of benzene rings is 1. The minimum Gasteiger partial charge on any atom is -0.336 e. The molecule has 0 saturated carbocycles. The van der Waals surface area contributed by atoms with Crippen molar-refractivity contribution in [3.63, 3.8) is 0 Å². The fraction of sp³-hybridized carbons (Fsp3) is 0.304. The van der Waals surface area contributed by atoms with Gasteiger partial charge in [-0.15, -0.1) is 11.3 Å². The van der Waals surface area contributed by atoms with Gasteiger partial charge in [0.05, 0.1) is 10.6 Å². The van der Waals surface area contributed by atoms with Gasteiger partial charge in [-0.3, -0.25) is 9.78 Å². The standard InChI is InChI=1S/C23H23F2N3O3S2/c1-16-15-27(22(29)17-7-4-3-5-8-17)13-14-28(16)33(30,31)20-11-10-19(32-20)21-18(23(2,24)25)9-6-12-26-21/h3-12,16H,13-15H2,1-2H3. The van der Waals surface area contributed by atoms with Crippen molar-refractivity contribution in [3.8, 4) is 10.6 Å². The van der Waals surface area contributed by atoms with E-state index in [4.69, 9.17) is 0 Å². The molecule has 33 heavy (non-hydrogen) atoms. The number of alkyl halides is 2. The first-order valence-electron chi connectivity index (χ1n) is 10.4. The van der Waals surface area contributed by atoms with Crippen molar-refractivity contribution < 1.29 is 22.0 Å². The second-order valence-electron chi connectivity index (χ2n) is 7.99. The second kappa shape index (κ2) is 8.92. The van der Waals surface area contributed by atoms with Crippen LogP contribution in [0.2, 0.25) is 0 Å². The lowest BCUT2D eigenvalue weighted by Crippen LogP contribution is -2.55. The summed E-state index contributed by atoms with van der Waals surface area (Å²) in [5, 5.41) is 0. The Hall–Kier alpha value is -2.69. The molecule has 0 N–H and O–H groups in total. The van der Waals surface area contributed by atoms with Crippen molar-refractivity contribution in [2.45, 2.75) is 30.0 Å². The summed E-state index contributed by atoms with van der Waals surface area (Å²) in [5.74, 6) is -3.25. The average molecular weight is 492 g/mol. The SMILES string of the molecule is CC1CN(C(=O)c2ccccc2)CCN1S(=O)(=O)c1ccc(-c2ncccc2C(C)(F)F)s1. The number of pyridine rings is 1. The summed E-state index contributed by atoms with van der Waals surface area (Å²) in [6.45, 7) is 3.22. The van der Waals surface area contributed by atoms with Gasteiger partial charge in [-0.1, -0.05) is 18.2 Å². The summed E-state index contributed by atoms with van der Waals surface area (Å²) >= 11 is 0.917. The molecule has 1 aliphatic rings. The zero-order chi connectivity index (χ0) is 23.8. The molecule has 1 amide bonds. The molecule has 1 aliphatic heterocycles. The number of hydrogen-bond donors (Lipinski definition) is 0. The van der Waals surface area contributed by atoms with Gasteiger partial charge in [0.1, 0.15) is 4.21 Å². The maximum Gasteiger partial charge on any atom is 0.272 e. The largest absolute Gasteiger partial charge is 0.336 e. The van der Waals surface area contributed by atoms with Gasteiger partial charge in [0.15, 0.2) is 0 Å². The van der Waals surface area contributed by atoms with Crippen LogP contribution in [-0.4, -0.2) is 54.2 Å². The third-order valence-electron chi connectivity index (χ3n) is 5.53. The van der Waals surface area contributed by atoms with Gasteiger partial charge in [0.25, 0.3) is 21.9 Å². The molecule has 3 aromatic rings. The highest BCUT2D eigenvalue weighted by Crippen LogP contribution is 2.38. The van der Waals surface area contributed by atoms with Crippen LogP contribution in [0, 0.1) is 0 Å². The first-order valence-corrected chi connectivity index (χ1v) is 12.6. The van der Waals surface area contributed by atoms with Crippen LogP contribution < -0.4 is 0 Å². The first-order chi connectivity index (χ1) is 15.6. The van der Waals surface area contributed by atoms with Crippen LogP contribution in [0.5, 0.6) is 0 Å². The van der Waals surface area contributed by atoms with Gasteiger partial charge in [-0.25, -0.2) is 17.2 Å². The van der Waals surface area contributed by atoms with Gasteiger partial charge < -0.3 is 4.90 Å². The molecule has 1 aromatic carbocycles. The minimum absolute atomic E-state index is 0.0585. The number of thiophene rings is 1. The Morgan fingerprint density at radius 1 is 1.09 bits per heavy atom. The summed E-state index contributed by atoms with van der Waals surface area (Å²) in [5.41, 5.74) is 0.378. The molecule has 0 spiro atoms. The van der Waals surface area contributed by atoms with E-state index < -0.39 is 22.0 Å². The van der Waals surface area contributed by atoms with E-state index in [1.165, 1.54) is 34.8 Å². The second-order valence-corrected chi connectivity index (χ2v) is 11.2. The highest BCUT2D eigenvalue weighted by molar-refractivity contribution is 7.91. The van der Waals surface area contributed by atoms with Crippen LogP contribution in [0.3, 0.4) is 0 Å². The zero-order valence-electron chi connectivity index (χ0n) is 18.1. The average Bonchev–Trinajstić information content (AvgIpc) is 3.29. The molecule has 2 aromatic heterocycles. The number of sulfonamides is 1. The Morgan fingerprint density at radius 2 is 1.82 bits per heavy atom. The van der Waals surface area contributed by atoms with Crippen molar-refractivity contribution in [2.24, 2.45) is 0 Å². The highest BCUT2D eigenvalue weighted by Gasteiger charge is 2.37. The number of aromatic nitrogens is 1. The molecular weight excluding hydrogens is 468 g/mol. The van der Waals surface area contributed by atoms with E-state index in [9.17, 15) is 22.0 Å². The van der Waals surface area contributed by atoms with Crippen molar-refractivity contribution in [2.75, 3.05) is 19.6 Å². The summed E-state index contributed by atoms with van der Waals surface area (Å²) in [6.07, 6.45) is 1.41. The first kappa shape index (κ1) is 23.5. The fourth-order valence-electron chi connectivity index (χ4n) is 3.90. The van der Waals surface area contributed by atoms with Gasteiger partial charge in [0.2, 0.25) is 0 Å². The normalized spacial score (nSPS) is 17.8. The lowest BCUT2D eigenvalue weighted by atomic mass is 10.1. The van der Waals surface area contributed by atoms with E-state index in [0.717, 1.165) is 18.3 Å². The summed E-state index contributed by atoms with van der Waals surface area (Å²) in [4.78, 5) is 18.8. The molecule has 1 saturated heterocycles. The fourth-order valence-corrected chi connectivity index (χ4v) is 6.96. The molecule has 174 valence electrons. The van der Waals surface area contributed by atoms with Gasteiger partial charge >= 0.3 is 0 Å². The molecule has 4 rings (SSSR count). The Labute approximate surface area is 195 Å². The topological polar surface area (TPSA) is 70.6 Å². The Bertz CT molecular complexity index is 1260. The van der Waals surface area contributed by atoms with Crippen LogP contribution in [0.4, 0.5) is 8.78 Å². The van der Waals surface area contributed by atoms with Crippen LogP contribution in [0.25, 0.3) is 10.6 Å². The maximum atomic E-state index is 14.0. The third-order valence-corrected chi connectivity index (χ3v) is 9.11. The molecule has 3 heterocycles. The van der Waals surface area contributed by atoms with Crippen LogP contribution in [-0.2, 0) is 15.9 Å². The molecule has 10 heteroatoms. The van der Waals surface area contributed by atoms with Crippen molar-refractivity contribution in [1.29, 1.82) is 0 Å². The molecule has 1 atom stereocenters. The molecule has 1 fully saturated rings. The predicted molar refractivity (Wildman–Crippen MR) is 123 cm³/mol. The highest BCUT2D eigenvalue weighted by atomic mass is 32.2. The quantitative estimate of drug-likeness (QED) is 0.529. The summed E-state index contributed by atoms with van der Waals surface area (Å²) < 4.78 is 56.1. The van der Waals surface area contributed by atoms with Crippen LogP contribution in [0.15, 0.2) is 65.0 Å². The van der Waals surface area contributed by atoms with E-state index in [0.29, 0.717) is 10.4 Å². The maximum absolute atomic E-state index is 14.0. The number of piperazine rings is 1. The van der Waals surface area contributed by atoms with E-state index in [1.807, 2.05) is 6.07 Å². The minimum atomic E-state index is -3.86. The number of rotatable bonds is 5. The molecule has 0 aliphatic carbocycles. The van der Waals surface area contributed by atoms with E-state index in [1.54, 1.807) is 36.1 Å². The molecule has 0 bridgehead atoms. The van der Waals surface area contributed by atoms with E-state index in [-0.39, 0.29) is 41.0 Å². The Balaban J connectivity index is 1.55. The number of halogens is 2. The Morgan fingerprint density at radius 3 is 2.48 bits per heavy atom. The monoisotopic (exact) mass is 491 g/mol. The van der Waals surface area contributed by atoms with Crippen molar-refractivity contribution in [3.05, 3.63) is 71.9 Å². The van der Waals surface area contributed by atoms with Crippen LogP contribution in [0.1, 0.15) is 29.8 Å². The zero-order valence-corrected chi connectivity index (χ0v) is 19.7. The van der Waals surface area contributed by atoms with Gasteiger partial charge in [-0.2, -0.15) is 4.31 Å². The molecule has 6 nitrogen and oxygen atoms in total. The smallest absolute Gasteiger partial charge is 0.272 e. The van der Waals surface area contributed by atoms with Crippen molar-refractivity contribution in [1.82, 2.24) is 14.2 Å². The number of carbonyl (C=O) groups excluding carboxylic acids is 1. The third kappa shape index (κ3) is 4.68. The molecular formula is C23H23F2N3O3S2. The lowest BCUT2D eigenvalue weighted by Gasteiger charge is -2.38. The lowest BCUT2D eigenvalue weighted by molar-refractivity contribution is 0.0178. The Kier molecular flexibility index (Phi) is 6.35. The molecule has 0 radical (unpaired) electrons. The predicted octanol–water partition coefficient (Wildman–Crippen LogP) is 4.46. The van der Waals surface area contributed by atoms with Crippen LogP contribution >= 0.6 is 11.3 Å². The van der Waals surface area contributed by atoms with Gasteiger partial charge in [0, 0.05) is 49.9 Å². The number of hydrogen-bond acceptors (Lipinski definition) is 5. The molecule has 1 unspecified atom stereocenters. The number of amides is 1. The number of carbonyl (C=O) groups is 1. The number of nitrogens with zero attached hydrogens (tertiary/aromatic N) is 3.